The lowest BCUT2D eigenvalue weighted by Crippen LogP contribution is -2.21. The Labute approximate surface area is 109 Å². The van der Waals surface area contributed by atoms with Gasteiger partial charge in [0.05, 0.1) is 11.4 Å². The number of hydrogen-bond donors (Lipinski definition) is 0. The fraction of sp³-hybridized carbons (Fsp3) is 0.231. The summed E-state index contributed by atoms with van der Waals surface area (Å²) in [5, 5.41) is 9.71. The number of nitriles is 1. The third-order valence-electron chi connectivity index (χ3n) is 3.21. The van der Waals surface area contributed by atoms with E-state index in [0.717, 1.165) is 30.8 Å². The summed E-state index contributed by atoms with van der Waals surface area (Å²) in [6, 6.07) is 9.07. The van der Waals surface area contributed by atoms with Crippen molar-refractivity contribution in [1.82, 2.24) is 9.36 Å². The predicted octanol–water partition coefficient (Wildman–Crippen LogP) is 2.11. The maximum Gasteiger partial charge on any atom is 0.289 e. The summed E-state index contributed by atoms with van der Waals surface area (Å²) in [5.74, 6) is 0. The first-order valence-electron chi connectivity index (χ1n) is 5.73. The van der Waals surface area contributed by atoms with Gasteiger partial charge in [0, 0.05) is 11.6 Å². The number of hydrogen-bond acceptors (Lipinski definition) is 2. The van der Waals surface area contributed by atoms with Gasteiger partial charge in [-0.05, 0) is 37.1 Å². The zero-order chi connectivity index (χ0) is 12.7. The van der Waals surface area contributed by atoms with Crippen LogP contribution in [0.15, 0.2) is 29.1 Å². The van der Waals surface area contributed by atoms with Crippen molar-refractivity contribution in [1.29, 1.82) is 5.26 Å². The maximum atomic E-state index is 12.2. The fourth-order valence-corrected chi connectivity index (χ4v) is 2.55. The highest BCUT2D eigenvalue weighted by atomic mass is 35.5. The minimum absolute atomic E-state index is 0.241. The number of nitrogens with zero attached hydrogens (tertiary/aromatic N) is 3. The molecule has 3 rings (SSSR count). The molecule has 1 aliphatic heterocycles. The summed E-state index contributed by atoms with van der Waals surface area (Å²) in [7, 11) is 0. The Hall–Kier alpha value is -1.99. The van der Waals surface area contributed by atoms with E-state index in [9.17, 15) is 4.79 Å². The van der Waals surface area contributed by atoms with Crippen LogP contribution in [-0.2, 0) is 13.0 Å². The molecule has 5 heteroatoms. The predicted molar refractivity (Wildman–Crippen MR) is 68.1 cm³/mol. The Bertz CT molecular complexity index is 704. The minimum atomic E-state index is -0.241. The molecule has 0 fully saturated rings. The van der Waals surface area contributed by atoms with E-state index in [2.05, 4.69) is 0 Å². The van der Waals surface area contributed by atoms with E-state index in [1.54, 1.807) is 28.9 Å². The molecule has 1 aliphatic rings. The smallest absolute Gasteiger partial charge is 0.281 e. The van der Waals surface area contributed by atoms with Gasteiger partial charge in [0.1, 0.15) is 11.6 Å². The van der Waals surface area contributed by atoms with E-state index in [4.69, 9.17) is 16.9 Å². The van der Waals surface area contributed by atoms with Crippen LogP contribution < -0.4 is 5.56 Å². The molecule has 0 unspecified atom stereocenters. The number of halogens is 1. The van der Waals surface area contributed by atoms with Crippen molar-refractivity contribution >= 4 is 11.6 Å². The maximum absolute atomic E-state index is 12.2. The molecule has 0 radical (unpaired) electrons. The molecule has 18 heavy (non-hydrogen) atoms. The van der Waals surface area contributed by atoms with Crippen molar-refractivity contribution in [2.45, 2.75) is 19.4 Å². The monoisotopic (exact) mass is 259 g/mol. The van der Waals surface area contributed by atoms with Crippen LogP contribution >= 0.6 is 11.6 Å². The van der Waals surface area contributed by atoms with Gasteiger partial charge in [0.25, 0.3) is 5.56 Å². The zero-order valence-corrected chi connectivity index (χ0v) is 10.3. The number of rotatable bonds is 1. The van der Waals surface area contributed by atoms with E-state index in [0.29, 0.717) is 5.02 Å². The van der Waals surface area contributed by atoms with Crippen molar-refractivity contribution in [2.24, 2.45) is 0 Å². The summed E-state index contributed by atoms with van der Waals surface area (Å²) in [6.07, 6.45) is 1.76. The van der Waals surface area contributed by atoms with E-state index in [1.807, 2.05) is 10.8 Å². The molecule has 0 spiro atoms. The molecule has 2 aromatic rings. The second kappa shape index (κ2) is 4.04. The van der Waals surface area contributed by atoms with Gasteiger partial charge in [-0.3, -0.25) is 9.48 Å². The molecule has 0 saturated heterocycles. The van der Waals surface area contributed by atoms with Crippen LogP contribution in [0.25, 0.3) is 5.69 Å². The quantitative estimate of drug-likeness (QED) is 0.788. The Morgan fingerprint density at radius 1 is 1.28 bits per heavy atom. The number of benzene rings is 1. The molecular weight excluding hydrogens is 250 g/mol. The average Bonchev–Trinajstić information content (AvgIpc) is 2.90. The second-order valence-corrected chi connectivity index (χ2v) is 4.69. The van der Waals surface area contributed by atoms with Gasteiger partial charge in [-0.1, -0.05) is 11.6 Å². The second-order valence-electron chi connectivity index (χ2n) is 4.25. The van der Waals surface area contributed by atoms with Gasteiger partial charge in [0.2, 0.25) is 0 Å². The normalized spacial score (nSPS) is 13.3. The first-order chi connectivity index (χ1) is 8.72. The Morgan fingerprint density at radius 2 is 2.00 bits per heavy atom. The van der Waals surface area contributed by atoms with E-state index in [1.165, 1.54) is 0 Å². The van der Waals surface area contributed by atoms with Crippen LogP contribution in [0.5, 0.6) is 0 Å². The SMILES string of the molecule is N#Cc1c2n(n(-c3ccc(Cl)cc3)c1=O)CCC2. The average molecular weight is 260 g/mol. The molecule has 0 saturated carbocycles. The molecule has 0 atom stereocenters. The van der Waals surface area contributed by atoms with Gasteiger partial charge < -0.3 is 0 Å². The van der Waals surface area contributed by atoms with E-state index >= 15 is 0 Å². The molecule has 2 heterocycles. The lowest BCUT2D eigenvalue weighted by atomic mass is 10.2. The summed E-state index contributed by atoms with van der Waals surface area (Å²) >= 11 is 5.84. The van der Waals surface area contributed by atoms with Crippen molar-refractivity contribution in [3.63, 3.8) is 0 Å². The van der Waals surface area contributed by atoms with Crippen LogP contribution in [0.3, 0.4) is 0 Å². The number of aromatic nitrogens is 2. The van der Waals surface area contributed by atoms with Crippen LogP contribution in [0.4, 0.5) is 0 Å². The van der Waals surface area contributed by atoms with Crippen LogP contribution in [0.1, 0.15) is 17.7 Å². The fourth-order valence-electron chi connectivity index (χ4n) is 2.43. The lowest BCUT2D eigenvalue weighted by Gasteiger charge is -2.08. The molecule has 0 N–H and O–H groups in total. The van der Waals surface area contributed by atoms with Crippen molar-refractivity contribution in [3.8, 4) is 11.8 Å². The summed E-state index contributed by atoms with van der Waals surface area (Å²) in [4.78, 5) is 12.2. The molecule has 4 nitrogen and oxygen atoms in total. The summed E-state index contributed by atoms with van der Waals surface area (Å²) in [5.41, 5.74) is 1.61. The molecule has 90 valence electrons. The van der Waals surface area contributed by atoms with Crippen LogP contribution in [-0.4, -0.2) is 9.36 Å². The van der Waals surface area contributed by atoms with Gasteiger partial charge >= 0.3 is 0 Å². The zero-order valence-electron chi connectivity index (χ0n) is 9.56. The lowest BCUT2D eigenvalue weighted by molar-refractivity contribution is 0.575. The highest BCUT2D eigenvalue weighted by molar-refractivity contribution is 6.30. The molecule has 0 bridgehead atoms. The standard InChI is InChI=1S/C13H10ClN3O/c14-9-3-5-10(6-4-9)17-13(18)11(8-15)12-2-1-7-16(12)17/h3-6H,1-2,7H2. The summed E-state index contributed by atoms with van der Waals surface area (Å²) < 4.78 is 3.46. The van der Waals surface area contributed by atoms with Crippen molar-refractivity contribution < 1.29 is 0 Å². The molecule has 0 amide bonds. The first kappa shape index (κ1) is 11.1. The highest BCUT2D eigenvalue weighted by Gasteiger charge is 2.24. The van der Waals surface area contributed by atoms with Gasteiger partial charge in [-0.15, -0.1) is 0 Å². The molecule has 0 aliphatic carbocycles. The van der Waals surface area contributed by atoms with E-state index < -0.39 is 0 Å². The highest BCUT2D eigenvalue weighted by Crippen LogP contribution is 2.20. The Balaban J connectivity index is 2.28. The largest absolute Gasteiger partial charge is 0.289 e. The molecule has 1 aromatic carbocycles. The third kappa shape index (κ3) is 1.48. The van der Waals surface area contributed by atoms with Gasteiger partial charge in [-0.25, -0.2) is 4.68 Å². The van der Waals surface area contributed by atoms with E-state index in [-0.39, 0.29) is 11.1 Å². The minimum Gasteiger partial charge on any atom is -0.281 e. The first-order valence-corrected chi connectivity index (χ1v) is 6.11. The summed E-state index contributed by atoms with van der Waals surface area (Å²) in [6.45, 7) is 0.773. The molecular formula is C13H10ClN3O. The topological polar surface area (TPSA) is 50.7 Å². The van der Waals surface area contributed by atoms with Crippen molar-refractivity contribution in [2.75, 3.05) is 0 Å². The van der Waals surface area contributed by atoms with Gasteiger partial charge in [0.15, 0.2) is 0 Å². The molecule has 1 aromatic heterocycles. The van der Waals surface area contributed by atoms with Crippen molar-refractivity contribution in [3.05, 3.63) is 50.9 Å². The Morgan fingerprint density at radius 3 is 2.67 bits per heavy atom. The number of fused-ring (bicyclic) bond motifs is 1. The Kier molecular flexibility index (Phi) is 2.49. The van der Waals surface area contributed by atoms with Crippen LogP contribution in [0, 0.1) is 11.3 Å². The van der Waals surface area contributed by atoms with Gasteiger partial charge in [-0.2, -0.15) is 5.26 Å². The third-order valence-corrected chi connectivity index (χ3v) is 3.47. The van der Waals surface area contributed by atoms with Crippen LogP contribution in [0.2, 0.25) is 5.02 Å².